The Bertz CT molecular complexity index is 109. The molecule has 0 amide bonds. The molecule has 0 saturated heterocycles. The molecule has 0 aliphatic heterocycles. The summed E-state index contributed by atoms with van der Waals surface area (Å²) in [6, 6.07) is 0. The fourth-order valence-electron chi connectivity index (χ4n) is 0.866. The van der Waals surface area contributed by atoms with Gasteiger partial charge in [-0.25, -0.2) is 0 Å². The lowest BCUT2D eigenvalue weighted by molar-refractivity contribution is 1.03. The molecule has 2 heteroatoms. The van der Waals surface area contributed by atoms with Crippen LogP contribution in [0.3, 0.4) is 0 Å². The van der Waals surface area contributed by atoms with Crippen LogP contribution in [0, 0.1) is 0 Å². The summed E-state index contributed by atoms with van der Waals surface area (Å²) in [4.78, 5) is 0. The van der Waals surface area contributed by atoms with E-state index in [1.807, 2.05) is 0 Å². The second kappa shape index (κ2) is 2.82. The van der Waals surface area contributed by atoms with Crippen LogP contribution < -0.4 is 0 Å². The average molecular weight is 174 g/mol. The Balaban J connectivity index is 4.40. The van der Waals surface area contributed by atoms with E-state index in [1.54, 1.807) is 0 Å². The maximum absolute atomic E-state index is 2.55. The topological polar surface area (TPSA) is 0 Å². The average Bonchev–Trinajstić information content (AvgIpc) is 1.62. The van der Waals surface area contributed by atoms with Gasteiger partial charge in [-0.05, 0) is 0 Å². The van der Waals surface area contributed by atoms with Crippen molar-refractivity contribution in [2.75, 3.05) is 0 Å². The van der Waals surface area contributed by atoms with Crippen LogP contribution in [-0.2, 0) is 0 Å². The molecule has 0 heterocycles. The molecule has 0 aromatic carbocycles. The quantitative estimate of drug-likeness (QED) is 0.562. The molecule has 0 saturated carbocycles. The fraction of sp³-hybridized carbons (Fsp3) is 1.00. The van der Waals surface area contributed by atoms with E-state index in [1.165, 1.54) is 0 Å². The van der Waals surface area contributed by atoms with E-state index in [2.05, 4.69) is 46.6 Å². The minimum Gasteiger partial charge on any atom is -0.0715 e. The van der Waals surface area contributed by atoms with Crippen molar-refractivity contribution in [2.24, 2.45) is 0 Å². The van der Waals surface area contributed by atoms with Gasteiger partial charge in [0, 0.05) is 15.2 Å². The third kappa shape index (κ3) is 1.96. The Morgan fingerprint density at radius 1 is 0.800 bits per heavy atom. The van der Waals surface area contributed by atoms with E-state index in [0.717, 1.165) is 5.54 Å². The molecular weight excluding hydrogens is 152 g/mol. The zero-order chi connectivity index (χ0) is 8.58. The van der Waals surface area contributed by atoms with Crippen LogP contribution in [0.1, 0.15) is 13.8 Å². The Morgan fingerprint density at radius 2 is 1.10 bits per heavy atom. The van der Waals surface area contributed by atoms with Crippen LogP contribution in [-0.4, -0.2) is 15.2 Å². The highest BCUT2D eigenvalue weighted by molar-refractivity contribution is 7.40. The molecular formula is C8H22Si2. The van der Waals surface area contributed by atoms with E-state index in [4.69, 9.17) is 0 Å². The van der Waals surface area contributed by atoms with Crippen LogP contribution >= 0.6 is 0 Å². The molecule has 0 rings (SSSR count). The highest BCUT2D eigenvalue weighted by Crippen LogP contribution is 2.29. The molecule has 0 aromatic rings. The third-order valence-corrected chi connectivity index (χ3v) is 23.5. The van der Waals surface area contributed by atoms with Crippen LogP contribution in [0.4, 0.5) is 0 Å². The summed E-state index contributed by atoms with van der Waals surface area (Å²) in [7, 11) is -1.65. The summed E-state index contributed by atoms with van der Waals surface area (Å²) in [5.74, 6) is 0. The molecule has 0 bridgehead atoms. The van der Waals surface area contributed by atoms with Gasteiger partial charge in [-0.3, -0.25) is 0 Å². The minimum atomic E-state index is -0.843. The van der Waals surface area contributed by atoms with Crippen LogP contribution in [0.2, 0.25) is 38.3 Å². The highest BCUT2D eigenvalue weighted by Gasteiger charge is 2.38. The summed E-state index contributed by atoms with van der Waals surface area (Å²) < 4.78 is 0. The highest BCUT2D eigenvalue weighted by atomic mass is 29.3. The molecule has 0 spiro atoms. The third-order valence-electron chi connectivity index (χ3n) is 3.38. The molecule has 62 valence electrons. The van der Waals surface area contributed by atoms with Crippen molar-refractivity contribution in [1.29, 1.82) is 0 Å². The predicted molar refractivity (Wildman–Crippen MR) is 55.9 cm³/mol. The smallest absolute Gasteiger partial charge is 0.0435 e. The second-order valence-corrected chi connectivity index (χ2v) is 22.6. The van der Waals surface area contributed by atoms with Gasteiger partial charge in [0.1, 0.15) is 0 Å². The van der Waals surface area contributed by atoms with E-state index in [-0.39, 0.29) is 0 Å². The monoisotopic (exact) mass is 174 g/mol. The first-order chi connectivity index (χ1) is 4.19. The predicted octanol–water partition coefficient (Wildman–Crippen LogP) is 3.52. The summed E-state index contributed by atoms with van der Waals surface area (Å²) in [6.45, 7) is 17.4. The summed E-state index contributed by atoms with van der Waals surface area (Å²) in [6.07, 6.45) is 0. The van der Waals surface area contributed by atoms with Gasteiger partial charge in [0.25, 0.3) is 0 Å². The van der Waals surface area contributed by atoms with E-state index in [0.29, 0.717) is 0 Å². The summed E-state index contributed by atoms with van der Waals surface area (Å²) in [5, 5.41) is 0. The lowest BCUT2D eigenvalue weighted by Gasteiger charge is -2.38. The van der Waals surface area contributed by atoms with Crippen molar-refractivity contribution < 1.29 is 0 Å². The maximum atomic E-state index is 2.55. The summed E-state index contributed by atoms with van der Waals surface area (Å²) >= 11 is 0. The Kier molecular flexibility index (Phi) is 2.94. The first-order valence-electron chi connectivity index (χ1n) is 4.19. The fourth-order valence-corrected chi connectivity index (χ4v) is 7.79. The van der Waals surface area contributed by atoms with Crippen molar-refractivity contribution in [3.8, 4) is 0 Å². The van der Waals surface area contributed by atoms with Gasteiger partial charge in [0.15, 0.2) is 0 Å². The van der Waals surface area contributed by atoms with Crippen LogP contribution in [0.25, 0.3) is 0 Å². The molecule has 10 heavy (non-hydrogen) atoms. The lowest BCUT2D eigenvalue weighted by atomic mass is 10.6. The van der Waals surface area contributed by atoms with Gasteiger partial charge < -0.3 is 0 Å². The van der Waals surface area contributed by atoms with E-state index >= 15 is 0 Å². The zero-order valence-electron chi connectivity index (χ0n) is 8.58. The van der Waals surface area contributed by atoms with Crippen LogP contribution in [0.5, 0.6) is 0 Å². The first kappa shape index (κ1) is 10.4. The molecule has 0 aliphatic carbocycles. The first-order valence-corrected chi connectivity index (χ1v) is 11.8. The van der Waals surface area contributed by atoms with E-state index < -0.39 is 15.2 Å². The standard InChI is InChI=1S/C8H22Si2/c1-8(2)10(6,7)9(3,4)5/h8H,1-7H3. The molecule has 0 fully saturated rings. The SMILES string of the molecule is CC(C)[Si](C)(C)[Si](C)(C)C. The van der Waals surface area contributed by atoms with Crippen molar-refractivity contribution in [2.45, 2.75) is 52.1 Å². The molecule has 0 aromatic heterocycles. The Labute approximate surface area is 67.8 Å². The second-order valence-electron chi connectivity index (χ2n) is 5.13. The van der Waals surface area contributed by atoms with Gasteiger partial charge in [-0.1, -0.05) is 52.1 Å². The normalized spacial score (nSPS) is 14.4. The van der Waals surface area contributed by atoms with Gasteiger partial charge in [0.2, 0.25) is 0 Å². The molecule has 0 N–H and O–H groups in total. The van der Waals surface area contributed by atoms with Crippen LogP contribution in [0.15, 0.2) is 0 Å². The zero-order valence-corrected chi connectivity index (χ0v) is 10.6. The minimum absolute atomic E-state index is 0.809. The largest absolute Gasteiger partial charge is 0.0715 e. The summed E-state index contributed by atoms with van der Waals surface area (Å²) in [5.41, 5.74) is 0.958. The van der Waals surface area contributed by atoms with Gasteiger partial charge in [-0.15, -0.1) is 0 Å². The Hall–Kier alpha value is 0.434. The van der Waals surface area contributed by atoms with Crippen molar-refractivity contribution in [3.63, 3.8) is 0 Å². The molecule has 0 unspecified atom stereocenters. The van der Waals surface area contributed by atoms with Crippen molar-refractivity contribution >= 4 is 15.2 Å². The van der Waals surface area contributed by atoms with Gasteiger partial charge in [-0.2, -0.15) is 0 Å². The lowest BCUT2D eigenvalue weighted by Crippen LogP contribution is -2.54. The Morgan fingerprint density at radius 3 is 1.10 bits per heavy atom. The maximum Gasteiger partial charge on any atom is 0.0435 e. The van der Waals surface area contributed by atoms with Gasteiger partial charge >= 0.3 is 0 Å². The molecule has 0 nitrogen and oxygen atoms in total. The molecule has 0 atom stereocenters. The van der Waals surface area contributed by atoms with Gasteiger partial charge in [0.05, 0.1) is 0 Å². The number of rotatable bonds is 2. The molecule has 0 radical (unpaired) electrons. The van der Waals surface area contributed by atoms with E-state index in [9.17, 15) is 0 Å². The number of hydrogen-bond acceptors (Lipinski definition) is 0. The molecule has 0 aliphatic rings. The number of hydrogen-bond donors (Lipinski definition) is 0. The van der Waals surface area contributed by atoms with Crippen molar-refractivity contribution in [3.05, 3.63) is 0 Å². The van der Waals surface area contributed by atoms with Crippen molar-refractivity contribution in [1.82, 2.24) is 0 Å².